The number of rotatable bonds is 1. The summed E-state index contributed by atoms with van der Waals surface area (Å²) in [6.07, 6.45) is 0. The summed E-state index contributed by atoms with van der Waals surface area (Å²) in [6.45, 7) is 0. The van der Waals surface area contributed by atoms with Crippen LogP contribution >= 0.6 is 22.6 Å². The number of aromatic nitrogens is 2. The first kappa shape index (κ1) is 18.2. The van der Waals surface area contributed by atoms with Crippen LogP contribution in [0.2, 0.25) is 0 Å². The van der Waals surface area contributed by atoms with Crippen molar-refractivity contribution in [3.05, 3.63) is 95.2 Å². The van der Waals surface area contributed by atoms with E-state index in [2.05, 4.69) is 22.6 Å². The number of carbonyl (C=O) groups is 1. The SMILES string of the molecule is Cn1c2c(c(=O)n(C)c1=O)[C@H](c1cccc(I)c1)[C@H]1C(=O)c3ccccc3C1=N2. The first-order valence-electron chi connectivity index (χ1n) is 9.17. The van der Waals surface area contributed by atoms with Crippen molar-refractivity contribution in [2.24, 2.45) is 25.0 Å². The lowest BCUT2D eigenvalue weighted by Crippen LogP contribution is -2.43. The number of benzene rings is 2. The quantitative estimate of drug-likeness (QED) is 0.486. The molecule has 0 saturated heterocycles. The van der Waals surface area contributed by atoms with Crippen LogP contribution < -0.4 is 11.2 Å². The van der Waals surface area contributed by atoms with Crippen LogP contribution in [0.15, 0.2) is 63.1 Å². The Hall–Kier alpha value is -2.81. The van der Waals surface area contributed by atoms with Gasteiger partial charge in [0.1, 0.15) is 5.82 Å². The first-order valence-corrected chi connectivity index (χ1v) is 10.3. The number of hydrogen-bond donors (Lipinski definition) is 0. The number of fused-ring (bicyclic) bond motifs is 4. The maximum atomic E-state index is 13.4. The van der Waals surface area contributed by atoms with Gasteiger partial charge in [-0.25, -0.2) is 9.79 Å². The second-order valence-electron chi connectivity index (χ2n) is 7.36. The van der Waals surface area contributed by atoms with Gasteiger partial charge in [0, 0.05) is 34.7 Å². The molecule has 0 fully saturated rings. The zero-order valence-electron chi connectivity index (χ0n) is 15.7. The molecule has 1 aliphatic heterocycles. The second kappa shape index (κ2) is 6.35. The Labute approximate surface area is 179 Å². The van der Waals surface area contributed by atoms with Crippen LogP contribution in [0.4, 0.5) is 5.82 Å². The van der Waals surface area contributed by atoms with Gasteiger partial charge in [0.25, 0.3) is 5.56 Å². The monoisotopic (exact) mass is 497 g/mol. The fourth-order valence-corrected chi connectivity index (χ4v) is 4.99. The summed E-state index contributed by atoms with van der Waals surface area (Å²) in [6, 6.07) is 15.2. The minimum absolute atomic E-state index is 0.0373. The molecule has 2 aliphatic rings. The number of hydrogen-bond acceptors (Lipinski definition) is 4. The van der Waals surface area contributed by atoms with E-state index < -0.39 is 23.1 Å². The van der Waals surface area contributed by atoms with Gasteiger partial charge < -0.3 is 0 Å². The highest BCUT2D eigenvalue weighted by atomic mass is 127. The molecule has 0 radical (unpaired) electrons. The number of ketones is 1. The molecule has 0 bridgehead atoms. The zero-order valence-corrected chi connectivity index (χ0v) is 17.9. The van der Waals surface area contributed by atoms with Crippen LogP contribution in [0, 0.1) is 9.49 Å². The number of Topliss-reactive ketones (excluding diaryl/α,β-unsaturated/α-hetero) is 1. The molecule has 2 heterocycles. The Kier molecular flexibility index (Phi) is 3.99. The maximum Gasteiger partial charge on any atom is 0.332 e. The molecule has 2 atom stereocenters. The van der Waals surface area contributed by atoms with E-state index in [1.165, 1.54) is 11.6 Å². The molecule has 0 unspecified atom stereocenters. The summed E-state index contributed by atoms with van der Waals surface area (Å²) < 4.78 is 3.49. The van der Waals surface area contributed by atoms with Crippen molar-refractivity contribution in [2.45, 2.75) is 5.92 Å². The average Bonchev–Trinajstić information content (AvgIpc) is 3.01. The van der Waals surface area contributed by atoms with Crippen LogP contribution in [-0.2, 0) is 14.1 Å². The third kappa shape index (κ3) is 2.46. The molecular formula is C22H16IN3O3. The Bertz CT molecular complexity index is 1370. The molecule has 1 aromatic heterocycles. The summed E-state index contributed by atoms with van der Waals surface area (Å²) in [5.74, 6) is -0.789. The molecule has 3 aromatic rings. The van der Waals surface area contributed by atoms with Gasteiger partial charge in [0.2, 0.25) is 0 Å². The molecule has 5 rings (SSSR count). The molecule has 6 nitrogen and oxygen atoms in total. The first-order chi connectivity index (χ1) is 13.9. The van der Waals surface area contributed by atoms with Gasteiger partial charge in [-0.1, -0.05) is 36.4 Å². The molecule has 0 N–H and O–H groups in total. The maximum absolute atomic E-state index is 13.4. The number of halogens is 1. The minimum Gasteiger partial charge on any atom is -0.293 e. The van der Waals surface area contributed by atoms with Gasteiger partial charge in [0.05, 0.1) is 17.2 Å². The fraction of sp³-hybridized carbons (Fsp3) is 0.182. The molecule has 144 valence electrons. The Morgan fingerprint density at radius 3 is 2.34 bits per heavy atom. The van der Waals surface area contributed by atoms with Gasteiger partial charge in [0.15, 0.2) is 5.78 Å². The summed E-state index contributed by atoms with van der Waals surface area (Å²) in [5, 5.41) is 0. The third-order valence-corrected chi connectivity index (χ3v) is 6.46. The van der Waals surface area contributed by atoms with Crippen LogP contribution in [0.3, 0.4) is 0 Å². The van der Waals surface area contributed by atoms with Crippen molar-refractivity contribution in [2.75, 3.05) is 0 Å². The largest absolute Gasteiger partial charge is 0.332 e. The Balaban J connectivity index is 1.92. The normalized spacial score (nSPS) is 19.4. The minimum atomic E-state index is -0.580. The predicted molar refractivity (Wildman–Crippen MR) is 118 cm³/mol. The smallest absolute Gasteiger partial charge is 0.293 e. The number of carbonyl (C=O) groups excluding carboxylic acids is 1. The van der Waals surface area contributed by atoms with Crippen LogP contribution in [0.1, 0.15) is 33.0 Å². The molecule has 0 saturated carbocycles. The molecule has 1 aliphatic carbocycles. The Morgan fingerprint density at radius 2 is 1.62 bits per heavy atom. The molecule has 0 amide bonds. The van der Waals surface area contributed by atoms with Gasteiger partial charge in [-0.3, -0.25) is 18.7 Å². The standard InChI is InChI=1S/C22H16IN3O3/c1-25-20-17(21(28)26(2)22(25)29)15(11-6-5-7-12(23)10-11)16-18(24-20)13-8-3-4-9-14(13)19(16)27/h3-10,15-16H,1-2H3/t15-,16-/m1/s1. The van der Waals surface area contributed by atoms with Crippen molar-refractivity contribution < 1.29 is 4.79 Å². The zero-order chi connectivity index (χ0) is 20.4. The van der Waals surface area contributed by atoms with E-state index in [1.807, 2.05) is 42.5 Å². The van der Waals surface area contributed by atoms with E-state index in [4.69, 9.17) is 4.99 Å². The van der Waals surface area contributed by atoms with Gasteiger partial charge in [-0.05, 0) is 40.3 Å². The van der Waals surface area contributed by atoms with Gasteiger partial charge in [-0.2, -0.15) is 0 Å². The van der Waals surface area contributed by atoms with Crippen LogP contribution in [0.25, 0.3) is 0 Å². The third-order valence-electron chi connectivity index (χ3n) is 5.79. The summed E-state index contributed by atoms with van der Waals surface area (Å²) in [7, 11) is 3.07. The lowest BCUT2D eigenvalue weighted by atomic mass is 9.76. The van der Waals surface area contributed by atoms with Gasteiger partial charge in [-0.15, -0.1) is 0 Å². The molecular weight excluding hydrogens is 481 g/mol. The van der Waals surface area contributed by atoms with E-state index >= 15 is 0 Å². The van der Waals surface area contributed by atoms with E-state index in [0.717, 1.165) is 19.3 Å². The molecule has 0 spiro atoms. The highest BCUT2D eigenvalue weighted by Gasteiger charge is 2.47. The van der Waals surface area contributed by atoms with Crippen LogP contribution in [-0.4, -0.2) is 20.6 Å². The lowest BCUT2D eigenvalue weighted by Gasteiger charge is -2.30. The molecule has 7 heteroatoms. The van der Waals surface area contributed by atoms with Gasteiger partial charge >= 0.3 is 5.69 Å². The average molecular weight is 497 g/mol. The lowest BCUT2D eigenvalue weighted by molar-refractivity contribution is 0.0953. The van der Waals surface area contributed by atoms with E-state index in [9.17, 15) is 14.4 Å². The van der Waals surface area contributed by atoms with Crippen molar-refractivity contribution in [3.8, 4) is 0 Å². The van der Waals surface area contributed by atoms with E-state index in [-0.39, 0.29) is 5.78 Å². The summed E-state index contributed by atoms with van der Waals surface area (Å²) in [4.78, 5) is 43.8. The summed E-state index contributed by atoms with van der Waals surface area (Å²) in [5.41, 5.74) is 2.44. The van der Waals surface area contributed by atoms with Crippen molar-refractivity contribution in [1.82, 2.24) is 9.13 Å². The molecule has 2 aromatic carbocycles. The predicted octanol–water partition coefficient (Wildman–Crippen LogP) is 2.77. The summed E-state index contributed by atoms with van der Waals surface area (Å²) >= 11 is 2.22. The second-order valence-corrected chi connectivity index (χ2v) is 8.61. The number of aliphatic imine (C=N–C) groups is 1. The fourth-order valence-electron chi connectivity index (χ4n) is 4.43. The van der Waals surface area contributed by atoms with E-state index in [1.54, 1.807) is 13.1 Å². The van der Waals surface area contributed by atoms with E-state index in [0.29, 0.717) is 22.7 Å². The highest BCUT2D eigenvalue weighted by molar-refractivity contribution is 14.1. The van der Waals surface area contributed by atoms with Crippen molar-refractivity contribution in [3.63, 3.8) is 0 Å². The van der Waals surface area contributed by atoms with Crippen LogP contribution in [0.5, 0.6) is 0 Å². The highest BCUT2D eigenvalue weighted by Crippen LogP contribution is 2.46. The Morgan fingerprint density at radius 1 is 0.897 bits per heavy atom. The van der Waals surface area contributed by atoms with Crippen molar-refractivity contribution >= 4 is 39.9 Å². The molecule has 29 heavy (non-hydrogen) atoms. The van der Waals surface area contributed by atoms with Crippen molar-refractivity contribution in [1.29, 1.82) is 0 Å². The number of nitrogens with zero attached hydrogens (tertiary/aromatic N) is 3. The topological polar surface area (TPSA) is 73.4 Å².